The molecule has 0 radical (unpaired) electrons. The van der Waals surface area contributed by atoms with Crippen LogP contribution in [0, 0.1) is 23.7 Å². The minimum Gasteiger partial charge on any atom is -0.446 e. The Bertz CT molecular complexity index is 531. The Balaban J connectivity index is 2.15. The van der Waals surface area contributed by atoms with E-state index in [4.69, 9.17) is 9.47 Å². The first-order valence-corrected chi connectivity index (χ1v) is 8.89. The van der Waals surface area contributed by atoms with Crippen LogP contribution in [0.2, 0.25) is 0 Å². The maximum Gasteiger partial charge on any atom is 0.304 e. The van der Waals surface area contributed by atoms with Gasteiger partial charge >= 0.3 is 11.9 Å². The van der Waals surface area contributed by atoms with Crippen molar-refractivity contribution < 1.29 is 19.1 Å². The molecule has 4 heteroatoms. The van der Waals surface area contributed by atoms with E-state index in [0.29, 0.717) is 0 Å². The van der Waals surface area contributed by atoms with Crippen LogP contribution in [0.1, 0.15) is 78.1 Å². The fourth-order valence-electron chi connectivity index (χ4n) is 3.59. The van der Waals surface area contributed by atoms with Crippen LogP contribution >= 0.6 is 0 Å². The number of carbonyl (C=O) groups is 2. The van der Waals surface area contributed by atoms with Gasteiger partial charge in [0.1, 0.15) is 0 Å². The lowest BCUT2D eigenvalue weighted by Gasteiger charge is -2.31. The second kappa shape index (κ2) is 8.25. The van der Waals surface area contributed by atoms with Crippen molar-refractivity contribution in [2.24, 2.45) is 0 Å². The van der Waals surface area contributed by atoms with Crippen molar-refractivity contribution in [1.29, 1.82) is 0 Å². The zero-order valence-electron chi connectivity index (χ0n) is 14.7. The van der Waals surface area contributed by atoms with E-state index >= 15 is 0 Å². The Morgan fingerprint density at radius 2 is 1.00 bits per heavy atom. The Morgan fingerprint density at radius 1 is 0.667 bits per heavy atom. The van der Waals surface area contributed by atoms with Gasteiger partial charge in [-0.25, -0.2) is 0 Å². The van der Waals surface area contributed by atoms with Gasteiger partial charge in [0.05, 0.1) is 0 Å². The van der Waals surface area contributed by atoms with Crippen molar-refractivity contribution in [2.45, 2.75) is 89.3 Å². The van der Waals surface area contributed by atoms with Crippen molar-refractivity contribution >= 4 is 11.9 Å². The van der Waals surface area contributed by atoms with Gasteiger partial charge in [0.15, 0.2) is 11.2 Å². The molecule has 2 aliphatic carbocycles. The van der Waals surface area contributed by atoms with E-state index in [2.05, 4.69) is 23.7 Å². The van der Waals surface area contributed by atoms with Crippen LogP contribution in [0.4, 0.5) is 0 Å². The topological polar surface area (TPSA) is 52.6 Å². The predicted octanol–water partition coefficient (Wildman–Crippen LogP) is 3.53. The predicted molar refractivity (Wildman–Crippen MR) is 90.7 cm³/mol. The van der Waals surface area contributed by atoms with Crippen molar-refractivity contribution in [3.05, 3.63) is 0 Å². The molecule has 4 nitrogen and oxygen atoms in total. The summed E-state index contributed by atoms with van der Waals surface area (Å²) >= 11 is 0. The molecule has 0 aromatic heterocycles. The van der Waals surface area contributed by atoms with E-state index in [1.54, 1.807) is 0 Å². The molecule has 2 aliphatic rings. The molecule has 2 rings (SSSR count). The third-order valence-corrected chi connectivity index (χ3v) is 4.64. The first kappa shape index (κ1) is 18.4. The molecule has 0 aromatic rings. The van der Waals surface area contributed by atoms with Crippen LogP contribution in [-0.2, 0) is 19.1 Å². The Labute approximate surface area is 144 Å². The quantitative estimate of drug-likeness (QED) is 0.574. The fraction of sp³-hybridized carbons (Fsp3) is 0.700. The molecule has 0 amide bonds. The summed E-state index contributed by atoms with van der Waals surface area (Å²) in [5.41, 5.74) is -1.39. The second-order valence-electron chi connectivity index (χ2n) is 6.80. The van der Waals surface area contributed by atoms with Gasteiger partial charge in [-0.1, -0.05) is 12.8 Å². The van der Waals surface area contributed by atoms with Crippen LogP contribution in [-0.4, -0.2) is 23.1 Å². The summed E-state index contributed by atoms with van der Waals surface area (Å²) in [6, 6.07) is 0. The third-order valence-electron chi connectivity index (χ3n) is 4.64. The van der Waals surface area contributed by atoms with Crippen LogP contribution in [0.15, 0.2) is 0 Å². The lowest BCUT2D eigenvalue weighted by molar-refractivity contribution is -0.154. The average molecular weight is 330 g/mol. The van der Waals surface area contributed by atoms with Gasteiger partial charge in [0, 0.05) is 13.8 Å². The lowest BCUT2D eigenvalue weighted by atomic mass is 9.84. The van der Waals surface area contributed by atoms with E-state index in [0.717, 1.165) is 64.2 Å². The SMILES string of the molecule is CC(=O)OC1(C#CC#CC2(OC(C)=O)CCCCC2)CCCCC1. The van der Waals surface area contributed by atoms with Crippen LogP contribution in [0.5, 0.6) is 0 Å². The van der Waals surface area contributed by atoms with Gasteiger partial charge < -0.3 is 9.47 Å². The second-order valence-corrected chi connectivity index (χ2v) is 6.80. The normalized spacial score (nSPS) is 21.2. The number of hydrogen-bond donors (Lipinski definition) is 0. The summed E-state index contributed by atoms with van der Waals surface area (Å²) in [5, 5.41) is 0. The zero-order valence-corrected chi connectivity index (χ0v) is 14.7. The first-order chi connectivity index (χ1) is 11.5. The molecule has 0 heterocycles. The molecule has 0 aliphatic heterocycles. The van der Waals surface area contributed by atoms with Crippen LogP contribution in [0.25, 0.3) is 0 Å². The molecule has 2 fully saturated rings. The van der Waals surface area contributed by atoms with Gasteiger partial charge in [-0.15, -0.1) is 0 Å². The largest absolute Gasteiger partial charge is 0.446 e. The molecule has 0 N–H and O–H groups in total. The van der Waals surface area contributed by atoms with E-state index in [1.165, 1.54) is 13.8 Å². The summed E-state index contributed by atoms with van der Waals surface area (Å²) in [6.45, 7) is 2.84. The maximum atomic E-state index is 11.4. The zero-order chi connectivity index (χ0) is 17.5. The highest BCUT2D eigenvalue weighted by Crippen LogP contribution is 2.32. The van der Waals surface area contributed by atoms with E-state index in [9.17, 15) is 9.59 Å². The molecule has 2 saturated carbocycles. The average Bonchev–Trinajstić information content (AvgIpc) is 2.52. The summed E-state index contributed by atoms with van der Waals surface area (Å²) in [7, 11) is 0. The highest BCUT2D eigenvalue weighted by Gasteiger charge is 2.34. The van der Waals surface area contributed by atoms with Gasteiger partial charge in [-0.2, -0.15) is 0 Å². The van der Waals surface area contributed by atoms with E-state index in [1.807, 2.05) is 0 Å². The van der Waals surface area contributed by atoms with Gasteiger partial charge in [-0.05, 0) is 75.0 Å². The molecular formula is C20H26O4. The van der Waals surface area contributed by atoms with Gasteiger partial charge in [-0.3, -0.25) is 9.59 Å². The number of hydrogen-bond acceptors (Lipinski definition) is 4. The molecule has 130 valence electrons. The van der Waals surface area contributed by atoms with Crippen LogP contribution in [0.3, 0.4) is 0 Å². The minimum absolute atomic E-state index is 0.303. The number of rotatable bonds is 2. The number of carbonyl (C=O) groups excluding carboxylic acids is 2. The monoisotopic (exact) mass is 330 g/mol. The Kier molecular flexibility index (Phi) is 6.32. The third kappa shape index (κ3) is 5.31. The van der Waals surface area contributed by atoms with E-state index < -0.39 is 11.2 Å². The van der Waals surface area contributed by atoms with Crippen LogP contribution < -0.4 is 0 Å². The molecule has 24 heavy (non-hydrogen) atoms. The molecular weight excluding hydrogens is 304 g/mol. The summed E-state index contributed by atoms with van der Waals surface area (Å²) < 4.78 is 11.0. The van der Waals surface area contributed by atoms with Crippen molar-refractivity contribution in [2.75, 3.05) is 0 Å². The Hall–Kier alpha value is -1.94. The summed E-state index contributed by atoms with van der Waals surface area (Å²) in [4.78, 5) is 22.8. The van der Waals surface area contributed by atoms with Crippen molar-refractivity contribution in [3.8, 4) is 23.7 Å². The van der Waals surface area contributed by atoms with Gasteiger partial charge in [0.2, 0.25) is 0 Å². The van der Waals surface area contributed by atoms with Crippen molar-refractivity contribution in [3.63, 3.8) is 0 Å². The highest BCUT2D eigenvalue weighted by molar-refractivity contribution is 5.67. The van der Waals surface area contributed by atoms with Gasteiger partial charge in [0.25, 0.3) is 0 Å². The lowest BCUT2D eigenvalue weighted by Crippen LogP contribution is -2.35. The summed E-state index contributed by atoms with van der Waals surface area (Å²) in [5.74, 6) is 11.3. The molecule has 0 saturated heterocycles. The van der Waals surface area contributed by atoms with Crippen molar-refractivity contribution in [1.82, 2.24) is 0 Å². The highest BCUT2D eigenvalue weighted by atomic mass is 16.6. The maximum absolute atomic E-state index is 11.4. The first-order valence-electron chi connectivity index (χ1n) is 8.89. The molecule has 0 atom stereocenters. The molecule has 0 spiro atoms. The minimum atomic E-state index is -0.695. The fourth-order valence-corrected chi connectivity index (χ4v) is 3.59. The number of esters is 2. The van der Waals surface area contributed by atoms with E-state index in [-0.39, 0.29) is 11.9 Å². The smallest absolute Gasteiger partial charge is 0.304 e. The Morgan fingerprint density at radius 3 is 1.29 bits per heavy atom. The molecule has 0 unspecified atom stereocenters. The standard InChI is InChI=1S/C20H26O4/c1-17(21)23-19(11-5-3-6-12-19)15-9-10-16-20(24-18(2)22)13-7-4-8-14-20/h3-8,11-14H2,1-2H3. The summed E-state index contributed by atoms with van der Waals surface area (Å²) in [6.07, 6.45) is 9.36. The molecule has 0 bridgehead atoms. The molecule has 0 aromatic carbocycles. The number of ether oxygens (including phenoxy) is 2.